The molecule has 18 heavy (non-hydrogen) atoms. The number of benzene rings is 1. The van der Waals surface area contributed by atoms with E-state index in [2.05, 4.69) is 15.3 Å². The third-order valence-corrected chi connectivity index (χ3v) is 2.66. The van der Waals surface area contributed by atoms with E-state index in [0.717, 1.165) is 16.1 Å². The van der Waals surface area contributed by atoms with Crippen molar-refractivity contribution in [3.8, 4) is 11.1 Å². The van der Waals surface area contributed by atoms with Crippen LogP contribution in [0.1, 0.15) is 6.92 Å². The van der Waals surface area contributed by atoms with Crippen LogP contribution in [0.5, 0.6) is 0 Å². The van der Waals surface area contributed by atoms with Crippen LogP contribution in [-0.4, -0.2) is 22.6 Å². The van der Waals surface area contributed by atoms with Crippen molar-refractivity contribution >= 4 is 17.5 Å². The lowest BCUT2D eigenvalue weighted by Gasteiger charge is -2.07. The first-order valence-corrected chi connectivity index (χ1v) is 6.10. The monoisotopic (exact) mass is 262 g/mol. The highest BCUT2D eigenvalue weighted by Gasteiger charge is 2.01. The Morgan fingerprint density at radius 2 is 1.78 bits per heavy atom. The number of aromatic nitrogens is 2. The minimum absolute atomic E-state index is 0.0736. The average Bonchev–Trinajstić information content (AvgIpc) is 2.38. The average molecular weight is 263 g/mol. The van der Waals surface area contributed by atoms with E-state index in [0.29, 0.717) is 12.5 Å². The van der Waals surface area contributed by atoms with Gasteiger partial charge in [-0.2, -0.15) is 0 Å². The molecule has 2 aromatic rings. The van der Waals surface area contributed by atoms with Crippen molar-refractivity contribution in [1.82, 2.24) is 9.97 Å². The van der Waals surface area contributed by atoms with Crippen LogP contribution in [-0.2, 0) is 0 Å². The molecule has 0 fully saturated rings. The Labute approximate surface area is 111 Å². The first-order valence-electron chi connectivity index (χ1n) is 5.72. The van der Waals surface area contributed by atoms with Gasteiger partial charge in [0.2, 0.25) is 5.95 Å². The highest BCUT2D eigenvalue weighted by atomic mass is 35.5. The summed E-state index contributed by atoms with van der Waals surface area (Å²) in [6.07, 6.45) is 3.56. The van der Waals surface area contributed by atoms with Crippen LogP contribution in [0.25, 0.3) is 11.1 Å². The summed E-state index contributed by atoms with van der Waals surface area (Å²) in [7, 11) is 0. The third-order valence-electron chi connectivity index (χ3n) is 2.41. The molecule has 1 aromatic carbocycles. The summed E-state index contributed by atoms with van der Waals surface area (Å²) in [5.41, 5.74) is 7.64. The van der Waals surface area contributed by atoms with E-state index in [1.54, 1.807) is 12.4 Å². The zero-order valence-corrected chi connectivity index (χ0v) is 10.9. The van der Waals surface area contributed by atoms with Gasteiger partial charge in [0, 0.05) is 35.6 Å². The Balaban J connectivity index is 2.09. The van der Waals surface area contributed by atoms with E-state index in [1.807, 2.05) is 31.2 Å². The molecule has 0 spiro atoms. The van der Waals surface area contributed by atoms with Gasteiger partial charge >= 0.3 is 0 Å². The van der Waals surface area contributed by atoms with Crippen LogP contribution in [0.3, 0.4) is 0 Å². The highest BCUT2D eigenvalue weighted by Crippen LogP contribution is 2.20. The predicted octanol–water partition coefficient (Wildman–Crippen LogP) is 2.56. The molecule has 1 aromatic heterocycles. The number of nitrogens with zero attached hydrogens (tertiary/aromatic N) is 2. The lowest BCUT2D eigenvalue weighted by molar-refractivity contribution is 0.773. The van der Waals surface area contributed by atoms with Crippen molar-refractivity contribution < 1.29 is 0 Å². The number of hydrogen-bond acceptors (Lipinski definition) is 4. The Morgan fingerprint density at radius 3 is 2.33 bits per heavy atom. The first-order chi connectivity index (χ1) is 8.65. The van der Waals surface area contributed by atoms with E-state index in [-0.39, 0.29) is 6.04 Å². The maximum atomic E-state index is 5.84. The number of hydrogen-bond donors (Lipinski definition) is 2. The Bertz CT molecular complexity index is 493. The summed E-state index contributed by atoms with van der Waals surface area (Å²) in [6.45, 7) is 2.58. The molecule has 0 aliphatic rings. The second kappa shape index (κ2) is 5.80. The van der Waals surface area contributed by atoms with Gasteiger partial charge in [-0.15, -0.1) is 0 Å². The van der Waals surface area contributed by atoms with Gasteiger partial charge in [0.1, 0.15) is 0 Å². The zero-order valence-electron chi connectivity index (χ0n) is 10.1. The SMILES string of the molecule is CC(N)CNc1ncc(-c2ccc(Cl)cc2)cn1. The van der Waals surface area contributed by atoms with Crippen LogP contribution in [0, 0.1) is 0 Å². The molecule has 0 saturated heterocycles. The van der Waals surface area contributed by atoms with Gasteiger partial charge in [0.25, 0.3) is 0 Å². The molecule has 2 rings (SSSR count). The molecule has 1 atom stereocenters. The molecule has 0 aliphatic heterocycles. The quantitative estimate of drug-likeness (QED) is 0.889. The lowest BCUT2D eigenvalue weighted by atomic mass is 10.1. The molecular weight excluding hydrogens is 248 g/mol. The maximum absolute atomic E-state index is 5.84. The van der Waals surface area contributed by atoms with Crippen molar-refractivity contribution in [3.63, 3.8) is 0 Å². The smallest absolute Gasteiger partial charge is 0.222 e. The molecule has 0 amide bonds. The summed E-state index contributed by atoms with van der Waals surface area (Å²) in [6, 6.07) is 7.65. The summed E-state index contributed by atoms with van der Waals surface area (Å²) < 4.78 is 0. The van der Waals surface area contributed by atoms with Gasteiger partial charge in [-0.05, 0) is 24.6 Å². The number of nitrogens with one attached hydrogen (secondary N) is 1. The molecule has 4 nitrogen and oxygen atoms in total. The minimum Gasteiger partial charge on any atom is -0.353 e. The van der Waals surface area contributed by atoms with Gasteiger partial charge in [-0.3, -0.25) is 0 Å². The third kappa shape index (κ3) is 3.42. The molecule has 3 N–H and O–H groups in total. The van der Waals surface area contributed by atoms with Crippen LogP contribution < -0.4 is 11.1 Å². The second-order valence-electron chi connectivity index (χ2n) is 4.16. The fraction of sp³-hybridized carbons (Fsp3) is 0.231. The maximum Gasteiger partial charge on any atom is 0.222 e. The molecule has 0 radical (unpaired) electrons. The van der Waals surface area contributed by atoms with E-state index in [1.165, 1.54) is 0 Å². The molecule has 1 unspecified atom stereocenters. The topological polar surface area (TPSA) is 63.8 Å². The molecule has 0 saturated carbocycles. The number of rotatable bonds is 4. The van der Waals surface area contributed by atoms with Crippen molar-refractivity contribution in [3.05, 3.63) is 41.7 Å². The number of halogens is 1. The van der Waals surface area contributed by atoms with Gasteiger partial charge in [0.05, 0.1) is 0 Å². The van der Waals surface area contributed by atoms with Crippen LogP contribution in [0.4, 0.5) is 5.95 Å². The van der Waals surface area contributed by atoms with Gasteiger partial charge in [-0.1, -0.05) is 23.7 Å². The second-order valence-corrected chi connectivity index (χ2v) is 4.60. The summed E-state index contributed by atoms with van der Waals surface area (Å²) >= 11 is 5.84. The van der Waals surface area contributed by atoms with Crippen LogP contribution in [0.2, 0.25) is 5.02 Å². The van der Waals surface area contributed by atoms with Gasteiger partial charge < -0.3 is 11.1 Å². The molecule has 0 aliphatic carbocycles. The summed E-state index contributed by atoms with van der Waals surface area (Å²) in [5, 5.41) is 3.78. The number of anilines is 1. The molecule has 94 valence electrons. The van der Waals surface area contributed by atoms with Crippen molar-refractivity contribution in [2.24, 2.45) is 5.73 Å². The first kappa shape index (κ1) is 12.8. The Morgan fingerprint density at radius 1 is 1.17 bits per heavy atom. The fourth-order valence-electron chi connectivity index (χ4n) is 1.46. The van der Waals surface area contributed by atoms with Crippen molar-refractivity contribution in [1.29, 1.82) is 0 Å². The lowest BCUT2D eigenvalue weighted by Crippen LogP contribution is -2.25. The molecule has 1 heterocycles. The molecular formula is C13H15ClN4. The Kier molecular flexibility index (Phi) is 4.12. The van der Waals surface area contributed by atoms with Gasteiger partial charge in [0.15, 0.2) is 0 Å². The number of nitrogens with two attached hydrogens (primary N) is 1. The van der Waals surface area contributed by atoms with E-state index in [4.69, 9.17) is 17.3 Å². The Hall–Kier alpha value is -1.65. The summed E-state index contributed by atoms with van der Waals surface area (Å²) in [5.74, 6) is 0.588. The highest BCUT2D eigenvalue weighted by molar-refractivity contribution is 6.30. The predicted molar refractivity (Wildman–Crippen MR) is 74.6 cm³/mol. The summed E-state index contributed by atoms with van der Waals surface area (Å²) in [4.78, 5) is 8.48. The fourth-order valence-corrected chi connectivity index (χ4v) is 1.59. The standard InChI is InChI=1S/C13H15ClN4/c1-9(15)6-16-13-17-7-11(8-18-13)10-2-4-12(14)5-3-10/h2-5,7-9H,6,15H2,1H3,(H,16,17,18). The van der Waals surface area contributed by atoms with E-state index in [9.17, 15) is 0 Å². The van der Waals surface area contributed by atoms with Crippen molar-refractivity contribution in [2.75, 3.05) is 11.9 Å². The van der Waals surface area contributed by atoms with Gasteiger partial charge in [-0.25, -0.2) is 9.97 Å². The normalized spacial score (nSPS) is 12.2. The molecule has 0 bridgehead atoms. The largest absolute Gasteiger partial charge is 0.353 e. The minimum atomic E-state index is 0.0736. The van der Waals surface area contributed by atoms with E-state index < -0.39 is 0 Å². The zero-order chi connectivity index (χ0) is 13.0. The van der Waals surface area contributed by atoms with Crippen LogP contribution >= 0.6 is 11.6 Å². The molecule has 5 heteroatoms. The van der Waals surface area contributed by atoms with Crippen LogP contribution in [0.15, 0.2) is 36.7 Å². The van der Waals surface area contributed by atoms with E-state index >= 15 is 0 Å². The van der Waals surface area contributed by atoms with Crippen molar-refractivity contribution in [2.45, 2.75) is 13.0 Å².